The molecular weight excluding hydrogens is 199 g/mol. The van der Waals surface area contributed by atoms with E-state index >= 15 is 0 Å². The van der Waals surface area contributed by atoms with Gasteiger partial charge in [-0.1, -0.05) is 42.4 Å². The van der Waals surface area contributed by atoms with Crippen molar-refractivity contribution in [2.24, 2.45) is 0 Å². The minimum atomic E-state index is -4.95. The number of hydrogen-bond acceptors (Lipinski definition) is 0. The lowest BCUT2D eigenvalue weighted by Gasteiger charge is -2.15. The molecule has 0 atom stereocenters. The number of halogens is 4. The molecule has 0 aromatic heterocycles. The number of rotatable bonds is 2. The summed E-state index contributed by atoms with van der Waals surface area (Å²) in [6.07, 6.45) is 0. The van der Waals surface area contributed by atoms with Crippen molar-refractivity contribution in [2.75, 3.05) is 0 Å². The van der Waals surface area contributed by atoms with E-state index in [-0.39, 0.29) is 5.03 Å². The summed E-state index contributed by atoms with van der Waals surface area (Å²) in [5.74, 6) is 0. The first-order valence-electron chi connectivity index (χ1n) is 3.56. The van der Waals surface area contributed by atoms with Gasteiger partial charge in [0, 0.05) is 5.03 Å². The van der Waals surface area contributed by atoms with Crippen molar-refractivity contribution in [1.29, 1.82) is 0 Å². The molecular formula is C8H6BClF3-. The van der Waals surface area contributed by atoms with E-state index in [9.17, 15) is 12.9 Å². The normalized spacial score (nSPS) is 11.4. The zero-order valence-corrected chi connectivity index (χ0v) is 7.36. The molecule has 0 saturated heterocycles. The van der Waals surface area contributed by atoms with Crippen LogP contribution in [-0.4, -0.2) is 6.98 Å². The Labute approximate surface area is 79.1 Å². The van der Waals surface area contributed by atoms with E-state index in [4.69, 9.17) is 11.6 Å². The summed E-state index contributed by atoms with van der Waals surface area (Å²) in [6.45, 7) is -1.60. The average molecular weight is 205 g/mol. The number of benzene rings is 1. The predicted molar refractivity (Wildman–Crippen MR) is 50.0 cm³/mol. The molecule has 0 aliphatic heterocycles. The lowest BCUT2D eigenvalue weighted by Crippen LogP contribution is -2.33. The summed E-state index contributed by atoms with van der Waals surface area (Å²) in [6, 6.07) is 4.81. The molecule has 0 unspecified atom stereocenters. The molecule has 0 radical (unpaired) electrons. The Hall–Kier alpha value is -0.895. The Balaban J connectivity index is 3.13. The van der Waals surface area contributed by atoms with Gasteiger partial charge in [0.25, 0.3) is 0 Å². The van der Waals surface area contributed by atoms with Crippen LogP contribution in [0.4, 0.5) is 12.9 Å². The van der Waals surface area contributed by atoms with Crippen LogP contribution in [0.5, 0.6) is 0 Å². The second-order valence-electron chi connectivity index (χ2n) is 2.61. The van der Waals surface area contributed by atoms with Gasteiger partial charge in [0.15, 0.2) is 0 Å². The molecule has 5 heteroatoms. The van der Waals surface area contributed by atoms with Gasteiger partial charge < -0.3 is 12.9 Å². The largest absolute Gasteiger partial charge is 0.509 e. The van der Waals surface area contributed by atoms with E-state index in [2.05, 4.69) is 6.58 Å². The van der Waals surface area contributed by atoms with Gasteiger partial charge >= 0.3 is 6.98 Å². The summed E-state index contributed by atoms with van der Waals surface area (Å²) in [5, 5.41) is 0.113. The van der Waals surface area contributed by atoms with Crippen molar-refractivity contribution in [1.82, 2.24) is 0 Å². The molecule has 13 heavy (non-hydrogen) atoms. The fourth-order valence-corrected chi connectivity index (χ4v) is 1.03. The predicted octanol–water partition coefficient (Wildman–Crippen LogP) is 2.95. The van der Waals surface area contributed by atoms with E-state index in [0.717, 1.165) is 12.1 Å². The highest BCUT2D eigenvalue weighted by molar-refractivity contribution is 6.73. The van der Waals surface area contributed by atoms with Crippen LogP contribution < -0.4 is 5.46 Å². The third kappa shape index (κ3) is 2.52. The molecule has 70 valence electrons. The minimum Gasteiger partial charge on any atom is -0.445 e. The van der Waals surface area contributed by atoms with Gasteiger partial charge in [0.2, 0.25) is 0 Å². The van der Waals surface area contributed by atoms with Crippen molar-refractivity contribution in [3.05, 3.63) is 36.4 Å². The molecule has 0 amide bonds. The summed E-state index contributed by atoms with van der Waals surface area (Å²) in [5.41, 5.74) is -0.349. The Bertz CT molecular complexity index is 332. The molecule has 0 aliphatic carbocycles. The maximum absolute atomic E-state index is 12.2. The third-order valence-corrected chi connectivity index (χ3v) is 1.80. The zero-order chi connectivity index (χ0) is 10.1. The third-order valence-electron chi connectivity index (χ3n) is 1.58. The first-order chi connectivity index (χ1) is 5.91. The maximum Gasteiger partial charge on any atom is 0.509 e. The van der Waals surface area contributed by atoms with E-state index in [1.807, 2.05) is 0 Å². The molecule has 0 bridgehead atoms. The van der Waals surface area contributed by atoms with Gasteiger partial charge in [-0.2, -0.15) is 0 Å². The Morgan fingerprint density at radius 2 is 1.92 bits per heavy atom. The second kappa shape index (κ2) is 3.46. The fourth-order valence-electron chi connectivity index (χ4n) is 0.911. The van der Waals surface area contributed by atoms with Crippen molar-refractivity contribution < 1.29 is 12.9 Å². The summed E-state index contributed by atoms with van der Waals surface area (Å²) in [4.78, 5) is 0. The molecule has 1 aromatic carbocycles. The highest BCUT2D eigenvalue weighted by atomic mass is 35.5. The molecule has 1 rings (SSSR count). The second-order valence-corrected chi connectivity index (χ2v) is 3.06. The van der Waals surface area contributed by atoms with Crippen LogP contribution in [-0.2, 0) is 0 Å². The van der Waals surface area contributed by atoms with Crippen molar-refractivity contribution in [2.45, 2.75) is 0 Å². The topological polar surface area (TPSA) is 0 Å². The van der Waals surface area contributed by atoms with Gasteiger partial charge in [-0.15, -0.1) is 5.46 Å². The summed E-state index contributed by atoms with van der Waals surface area (Å²) < 4.78 is 36.7. The lowest BCUT2D eigenvalue weighted by molar-refractivity contribution is 0.501. The fraction of sp³-hybridized carbons (Fsp3) is 0. The van der Waals surface area contributed by atoms with Gasteiger partial charge in [-0.3, -0.25) is 0 Å². The van der Waals surface area contributed by atoms with E-state index in [1.54, 1.807) is 0 Å². The maximum atomic E-state index is 12.2. The molecule has 0 heterocycles. The van der Waals surface area contributed by atoms with Crippen LogP contribution in [0.2, 0.25) is 0 Å². The quantitative estimate of drug-likeness (QED) is 0.651. The van der Waals surface area contributed by atoms with Crippen LogP contribution >= 0.6 is 11.6 Å². The van der Waals surface area contributed by atoms with Crippen LogP contribution in [0.25, 0.3) is 5.03 Å². The van der Waals surface area contributed by atoms with Gasteiger partial charge in [-0.05, 0) is 5.56 Å². The van der Waals surface area contributed by atoms with E-state index in [0.29, 0.717) is 5.56 Å². The van der Waals surface area contributed by atoms with Crippen LogP contribution in [0.15, 0.2) is 30.8 Å². The average Bonchev–Trinajstić information content (AvgIpc) is 2.03. The van der Waals surface area contributed by atoms with Gasteiger partial charge in [0.05, 0.1) is 0 Å². The lowest BCUT2D eigenvalue weighted by atomic mass is 9.79. The van der Waals surface area contributed by atoms with Crippen LogP contribution in [0.1, 0.15) is 5.56 Å². The zero-order valence-electron chi connectivity index (χ0n) is 6.61. The Kier molecular flexibility index (Phi) is 2.71. The van der Waals surface area contributed by atoms with Crippen molar-refractivity contribution >= 4 is 29.1 Å². The Morgan fingerprint density at radius 1 is 1.31 bits per heavy atom. The smallest absolute Gasteiger partial charge is 0.445 e. The van der Waals surface area contributed by atoms with Gasteiger partial charge in [0.1, 0.15) is 0 Å². The SMILES string of the molecule is C=C(Cl)c1cccc([B-](F)(F)F)c1. The molecule has 0 nitrogen and oxygen atoms in total. The Morgan fingerprint density at radius 3 is 2.38 bits per heavy atom. The molecule has 0 spiro atoms. The van der Waals surface area contributed by atoms with Crippen LogP contribution in [0.3, 0.4) is 0 Å². The van der Waals surface area contributed by atoms with Crippen LogP contribution in [0, 0.1) is 0 Å². The first-order valence-corrected chi connectivity index (χ1v) is 3.94. The minimum absolute atomic E-state index is 0.113. The van der Waals surface area contributed by atoms with E-state index in [1.165, 1.54) is 12.1 Å². The molecule has 0 aliphatic rings. The molecule has 0 fully saturated rings. The number of hydrogen-bond donors (Lipinski definition) is 0. The summed E-state index contributed by atoms with van der Waals surface area (Å²) in [7, 11) is 0. The monoisotopic (exact) mass is 205 g/mol. The highest BCUT2D eigenvalue weighted by Gasteiger charge is 2.25. The van der Waals surface area contributed by atoms with Gasteiger partial charge in [-0.25, -0.2) is 0 Å². The molecule has 0 saturated carbocycles. The standard InChI is InChI=1S/C8H6BClF3/c1-6(10)7-3-2-4-8(5-7)9(11,12)13/h2-5H,1H2/q-1. The van der Waals surface area contributed by atoms with E-state index < -0.39 is 12.4 Å². The molecule has 0 N–H and O–H groups in total. The summed E-state index contributed by atoms with van der Waals surface area (Å²) >= 11 is 5.47. The first kappa shape index (κ1) is 10.2. The van der Waals surface area contributed by atoms with Crippen molar-refractivity contribution in [3.8, 4) is 0 Å². The molecule has 1 aromatic rings. The van der Waals surface area contributed by atoms with Crippen molar-refractivity contribution in [3.63, 3.8) is 0 Å². The highest BCUT2D eigenvalue weighted by Crippen LogP contribution is 2.17.